The van der Waals surface area contributed by atoms with Crippen LogP contribution in [0.4, 0.5) is 5.69 Å². The topological polar surface area (TPSA) is 64.5 Å². The van der Waals surface area contributed by atoms with Crippen molar-refractivity contribution in [2.75, 3.05) is 33.0 Å². The van der Waals surface area contributed by atoms with Gasteiger partial charge >= 0.3 is 0 Å². The third-order valence-electron chi connectivity index (χ3n) is 2.54. The molecule has 2 N–H and O–H groups in total. The first-order valence-electron chi connectivity index (χ1n) is 5.51. The number of nitrogens with zero attached hydrogens (tertiary/aromatic N) is 2. The minimum atomic E-state index is 0.665. The molecule has 1 heterocycles. The van der Waals surface area contributed by atoms with Gasteiger partial charge in [0.05, 0.1) is 13.2 Å². The fraction of sp³-hybridized carbons (Fsp3) is 0.417. The van der Waals surface area contributed by atoms with Gasteiger partial charge in [0.25, 0.3) is 0 Å². The van der Waals surface area contributed by atoms with Crippen LogP contribution in [0, 0.1) is 0 Å². The van der Waals surface area contributed by atoms with Crippen LogP contribution in [0.2, 0.25) is 0 Å². The van der Waals surface area contributed by atoms with Crippen LogP contribution in [0.1, 0.15) is 5.89 Å². The van der Waals surface area contributed by atoms with Crippen LogP contribution in [-0.2, 0) is 11.3 Å². The van der Waals surface area contributed by atoms with Gasteiger partial charge in [0.1, 0.15) is 5.52 Å². The number of aromatic nitrogens is 1. The lowest BCUT2D eigenvalue weighted by molar-refractivity contribution is 0.154. The van der Waals surface area contributed by atoms with Gasteiger partial charge in [-0.25, -0.2) is 4.98 Å². The molecule has 0 atom stereocenters. The number of nitrogen functional groups attached to an aromatic ring is 1. The number of anilines is 1. The van der Waals surface area contributed by atoms with Gasteiger partial charge < -0.3 is 14.9 Å². The van der Waals surface area contributed by atoms with E-state index in [0.717, 1.165) is 17.6 Å². The number of nitrogens with two attached hydrogens (primary N) is 1. The van der Waals surface area contributed by atoms with Crippen molar-refractivity contribution < 1.29 is 9.15 Å². The van der Waals surface area contributed by atoms with E-state index in [4.69, 9.17) is 14.9 Å². The molecule has 0 saturated carbocycles. The average molecular weight is 235 g/mol. The fourth-order valence-electron chi connectivity index (χ4n) is 1.62. The maximum absolute atomic E-state index is 5.69. The standard InChI is InChI=1S/C12H17N3O2/c1-15(5-6-16-2)8-12-14-10-7-9(13)3-4-11(10)17-12/h3-4,7H,5-6,8,13H2,1-2H3. The van der Waals surface area contributed by atoms with E-state index in [-0.39, 0.29) is 0 Å². The number of benzene rings is 1. The molecule has 92 valence electrons. The van der Waals surface area contributed by atoms with Crippen molar-refractivity contribution in [3.63, 3.8) is 0 Å². The Balaban J connectivity index is 2.08. The van der Waals surface area contributed by atoms with E-state index in [1.807, 2.05) is 25.2 Å². The highest BCUT2D eigenvalue weighted by molar-refractivity contribution is 5.76. The van der Waals surface area contributed by atoms with Crippen molar-refractivity contribution in [2.45, 2.75) is 6.54 Å². The average Bonchev–Trinajstić information content (AvgIpc) is 2.67. The summed E-state index contributed by atoms with van der Waals surface area (Å²) >= 11 is 0. The predicted molar refractivity (Wildman–Crippen MR) is 66.6 cm³/mol. The molecule has 2 aromatic rings. The van der Waals surface area contributed by atoms with Gasteiger partial charge in [-0.3, -0.25) is 4.90 Å². The first kappa shape index (κ1) is 11.9. The van der Waals surface area contributed by atoms with Gasteiger partial charge in [-0.2, -0.15) is 0 Å². The molecule has 0 spiro atoms. The zero-order valence-electron chi connectivity index (χ0n) is 10.1. The highest BCUT2D eigenvalue weighted by Gasteiger charge is 2.08. The molecule has 0 fully saturated rings. The van der Waals surface area contributed by atoms with Crippen molar-refractivity contribution in [3.8, 4) is 0 Å². The Hall–Kier alpha value is -1.59. The largest absolute Gasteiger partial charge is 0.439 e. The van der Waals surface area contributed by atoms with Crippen LogP contribution in [0.3, 0.4) is 0 Å². The van der Waals surface area contributed by atoms with E-state index in [2.05, 4.69) is 9.88 Å². The number of ether oxygens (including phenoxy) is 1. The summed E-state index contributed by atoms with van der Waals surface area (Å²) in [6.07, 6.45) is 0. The molecule has 0 saturated heterocycles. The molecule has 1 aromatic heterocycles. The van der Waals surface area contributed by atoms with Crippen molar-refractivity contribution in [3.05, 3.63) is 24.1 Å². The van der Waals surface area contributed by atoms with Crippen molar-refractivity contribution in [1.82, 2.24) is 9.88 Å². The van der Waals surface area contributed by atoms with Crippen molar-refractivity contribution >= 4 is 16.8 Å². The van der Waals surface area contributed by atoms with E-state index in [9.17, 15) is 0 Å². The maximum Gasteiger partial charge on any atom is 0.209 e. The van der Waals surface area contributed by atoms with E-state index in [1.165, 1.54) is 0 Å². The number of oxazole rings is 1. The molecular formula is C12H17N3O2. The molecule has 0 bridgehead atoms. The Morgan fingerprint density at radius 1 is 1.47 bits per heavy atom. The zero-order chi connectivity index (χ0) is 12.3. The Kier molecular flexibility index (Phi) is 3.61. The normalized spacial score (nSPS) is 11.5. The summed E-state index contributed by atoms with van der Waals surface area (Å²) in [4.78, 5) is 6.49. The third kappa shape index (κ3) is 2.95. The molecule has 0 aliphatic rings. The van der Waals surface area contributed by atoms with E-state index in [0.29, 0.717) is 24.7 Å². The van der Waals surface area contributed by atoms with E-state index >= 15 is 0 Å². The number of fused-ring (bicyclic) bond motifs is 1. The second kappa shape index (κ2) is 5.16. The number of rotatable bonds is 5. The zero-order valence-corrected chi connectivity index (χ0v) is 10.1. The first-order chi connectivity index (χ1) is 8.19. The highest BCUT2D eigenvalue weighted by atomic mass is 16.5. The monoisotopic (exact) mass is 235 g/mol. The summed E-state index contributed by atoms with van der Waals surface area (Å²) in [6, 6.07) is 5.47. The maximum atomic E-state index is 5.69. The second-order valence-corrected chi connectivity index (χ2v) is 4.07. The molecular weight excluding hydrogens is 218 g/mol. The minimum absolute atomic E-state index is 0.665. The smallest absolute Gasteiger partial charge is 0.209 e. The minimum Gasteiger partial charge on any atom is -0.439 e. The lowest BCUT2D eigenvalue weighted by Gasteiger charge is -2.12. The predicted octanol–water partition coefficient (Wildman–Crippen LogP) is 1.49. The SMILES string of the molecule is COCCN(C)Cc1nc2cc(N)ccc2o1. The molecule has 5 heteroatoms. The lowest BCUT2D eigenvalue weighted by Crippen LogP contribution is -2.22. The Bertz CT molecular complexity index is 495. The number of methoxy groups -OCH3 is 1. The lowest BCUT2D eigenvalue weighted by atomic mass is 10.3. The molecule has 1 aromatic carbocycles. The van der Waals surface area contributed by atoms with Gasteiger partial charge in [-0.1, -0.05) is 0 Å². The number of hydrogen-bond donors (Lipinski definition) is 1. The van der Waals surface area contributed by atoms with Gasteiger partial charge in [-0.05, 0) is 25.2 Å². The van der Waals surface area contributed by atoms with Crippen LogP contribution in [0.15, 0.2) is 22.6 Å². The summed E-state index contributed by atoms with van der Waals surface area (Å²) in [5.74, 6) is 0.698. The summed E-state index contributed by atoms with van der Waals surface area (Å²) in [5, 5.41) is 0. The van der Waals surface area contributed by atoms with Gasteiger partial charge in [0.2, 0.25) is 5.89 Å². The van der Waals surface area contributed by atoms with Crippen LogP contribution >= 0.6 is 0 Å². The molecule has 0 unspecified atom stereocenters. The molecule has 2 rings (SSSR count). The Labute approximate surface area is 100 Å². The van der Waals surface area contributed by atoms with Gasteiger partial charge in [-0.15, -0.1) is 0 Å². The summed E-state index contributed by atoms with van der Waals surface area (Å²) in [5.41, 5.74) is 7.97. The Morgan fingerprint density at radius 3 is 3.06 bits per heavy atom. The summed E-state index contributed by atoms with van der Waals surface area (Å²) in [7, 11) is 3.69. The second-order valence-electron chi connectivity index (χ2n) is 4.07. The van der Waals surface area contributed by atoms with Crippen LogP contribution in [0.5, 0.6) is 0 Å². The Morgan fingerprint density at radius 2 is 2.29 bits per heavy atom. The van der Waals surface area contributed by atoms with Crippen molar-refractivity contribution in [2.24, 2.45) is 0 Å². The number of likely N-dealkylation sites (N-methyl/N-ethyl adjacent to an activating group) is 1. The number of hydrogen-bond acceptors (Lipinski definition) is 5. The highest BCUT2D eigenvalue weighted by Crippen LogP contribution is 2.18. The summed E-state index contributed by atoms with van der Waals surface area (Å²) in [6.45, 7) is 2.21. The van der Waals surface area contributed by atoms with Crippen LogP contribution in [0.25, 0.3) is 11.1 Å². The first-order valence-corrected chi connectivity index (χ1v) is 5.51. The molecule has 5 nitrogen and oxygen atoms in total. The van der Waals surface area contributed by atoms with Crippen LogP contribution in [-0.4, -0.2) is 37.2 Å². The van der Waals surface area contributed by atoms with Crippen molar-refractivity contribution in [1.29, 1.82) is 0 Å². The van der Waals surface area contributed by atoms with Crippen LogP contribution < -0.4 is 5.73 Å². The van der Waals surface area contributed by atoms with E-state index < -0.39 is 0 Å². The van der Waals surface area contributed by atoms with Gasteiger partial charge in [0.15, 0.2) is 5.58 Å². The van der Waals surface area contributed by atoms with E-state index in [1.54, 1.807) is 7.11 Å². The molecule has 17 heavy (non-hydrogen) atoms. The third-order valence-corrected chi connectivity index (χ3v) is 2.54. The quantitative estimate of drug-likeness (QED) is 0.795. The summed E-state index contributed by atoms with van der Waals surface area (Å²) < 4.78 is 10.6. The molecule has 0 aliphatic carbocycles. The molecule has 0 radical (unpaired) electrons. The fourth-order valence-corrected chi connectivity index (χ4v) is 1.62. The molecule has 0 aliphatic heterocycles. The van der Waals surface area contributed by atoms with Gasteiger partial charge in [0, 0.05) is 19.3 Å². The molecule has 0 amide bonds.